The zero-order valence-corrected chi connectivity index (χ0v) is 15.3. The highest BCUT2D eigenvalue weighted by atomic mass is 16.5. The molecule has 0 amide bonds. The van der Waals surface area contributed by atoms with Crippen LogP contribution in [0.15, 0.2) is 17.4 Å². The number of hydrogen-bond donors (Lipinski definition) is 2. The van der Waals surface area contributed by atoms with E-state index in [1.165, 1.54) is 5.56 Å². The Hall–Kier alpha value is -1.56. The van der Waals surface area contributed by atoms with Crippen molar-refractivity contribution >= 4 is 5.96 Å². The van der Waals surface area contributed by atoms with Crippen molar-refractivity contribution in [2.24, 2.45) is 10.4 Å². The van der Waals surface area contributed by atoms with Gasteiger partial charge in [-0.2, -0.15) is 5.10 Å². The average Bonchev–Trinajstić information content (AvgIpc) is 2.92. The van der Waals surface area contributed by atoms with E-state index in [1.54, 1.807) is 7.11 Å². The van der Waals surface area contributed by atoms with Gasteiger partial charge in [-0.3, -0.25) is 9.67 Å². The minimum absolute atomic E-state index is 0.0665. The van der Waals surface area contributed by atoms with Crippen molar-refractivity contribution in [1.82, 2.24) is 20.4 Å². The minimum atomic E-state index is -0.0748. The van der Waals surface area contributed by atoms with Crippen molar-refractivity contribution in [2.45, 2.75) is 59.2 Å². The van der Waals surface area contributed by atoms with E-state index in [1.807, 2.05) is 24.0 Å². The fourth-order valence-corrected chi connectivity index (χ4v) is 3.06. The zero-order chi connectivity index (χ0) is 17.1. The van der Waals surface area contributed by atoms with Crippen LogP contribution in [0.1, 0.15) is 39.7 Å². The van der Waals surface area contributed by atoms with Crippen molar-refractivity contribution in [3.05, 3.63) is 18.0 Å². The van der Waals surface area contributed by atoms with Crippen LogP contribution in [0.4, 0.5) is 0 Å². The van der Waals surface area contributed by atoms with E-state index in [0.29, 0.717) is 12.6 Å². The van der Waals surface area contributed by atoms with Crippen molar-refractivity contribution in [1.29, 1.82) is 0 Å². The zero-order valence-electron chi connectivity index (χ0n) is 15.3. The van der Waals surface area contributed by atoms with Gasteiger partial charge in [-0.1, -0.05) is 13.8 Å². The third-order valence-corrected chi connectivity index (χ3v) is 5.29. The number of rotatable bonds is 6. The molecular weight excluding hydrogens is 290 g/mol. The summed E-state index contributed by atoms with van der Waals surface area (Å²) in [4.78, 5) is 4.67. The Kier molecular flexibility index (Phi) is 5.34. The van der Waals surface area contributed by atoms with E-state index >= 15 is 0 Å². The van der Waals surface area contributed by atoms with Gasteiger partial charge in [-0.25, -0.2) is 0 Å². The summed E-state index contributed by atoms with van der Waals surface area (Å²) in [5.41, 5.74) is 1.17. The summed E-state index contributed by atoms with van der Waals surface area (Å²) >= 11 is 0. The van der Waals surface area contributed by atoms with Crippen LogP contribution in [0, 0.1) is 12.3 Å². The predicted molar refractivity (Wildman–Crippen MR) is 93.7 cm³/mol. The molecule has 6 nitrogen and oxygen atoms in total. The molecule has 0 aromatic carbocycles. The van der Waals surface area contributed by atoms with Crippen LogP contribution in [0.25, 0.3) is 0 Å². The molecule has 1 aromatic rings. The Morgan fingerprint density at radius 1 is 1.48 bits per heavy atom. The maximum Gasteiger partial charge on any atom is 0.191 e. The lowest BCUT2D eigenvalue weighted by atomic mass is 9.56. The molecule has 0 radical (unpaired) electrons. The largest absolute Gasteiger partial charge is 0.378 e. The molecule has 23 heavy (non-hydrogen) atoms. The van der Waals surface area contributed by atoms with Crippen LogP contribution in [-0.2, 0) is 11.3 Å². The van der Waals surface area contributed by atoms with Crippen molar-refractivity contribution in [3.8, 4) is 0 Å². The summed E-state index contributed by atoms with van der Waals surface area (Å²) in [5, 5.41) is 11.2. The maximum atomic E-state index is 5.69. The lowest BCUT2D eigenvalue weighted by Crippen LogP contribution is -2.69. The number of nitrogens with one attached hydrogen (secondary N) is 2. The fraction of sp³-hybridized carbons (Fsp3) is 0.765. The van der Waals surface area contributed by atoms with Crippen LogP contribution < -0.4 is 10.6 Å². The molecule has 0 bridgehead atoms. The van der Waals surface area contributed by atoms with E-state index in [0.717, 1.165) is 25.5 Å². The van der Waals surface area contributed by atoms with Crippen molar-refractivity contribution in [2.75, 3.05) is 20.2 Å². The normalized spacial score (nSPS) is 26.7. The molecule has 0 saturated heterocycles. The third-order valence-electron chi connectivity index (χ3n) is 5.29. The molecule has 1 aromatic heterocycles. The van der Waals surface area contributed by atoms with Crippen LogP contribution in [0.2, 0.25) is 0 Å². The Labute approximate surface area is 139 Å². The summed E-state index contributed by atoms with van der Waals surface area (Å²) in [7, 11) is 1.79. The molecule has 1 saturated carbocycles. The number of aryl methyl sites for hydroxylation is 1. The van der Waals surface area contributed by atoms with Gasteiger partial charge < -0.3 is 15.4 Å². The second-order valence-corrected chi connectivity index (χ2v) is 7.10. The molecule has 1 fully saturated rings. The topological polar surface area (TPSA) is 63.5 Å². The molecule has 0 aliphatic heterocycles. The first-order chi connectivity index (χ1) is 10.8. The van der Waals surface area contributed by atoms with E-state index in [-0.39, 0.29) is 11.0 Å². The van der Waals surface area contributed by atoms with Crippen molar-refractivity contribution < 1.29 is 4.74 Å². The molecule has 0 spiro atoms. The van der Waals surface area contributed by atoms with Gasteiger partial charge in [-0.15, -0.1) is 0 Å². The SMILES string of the molecule is CCNC(=NCCn1cc(C)cn1)NC1CC(C)(OC)C1(C)C. The first-order valence-electron chi connectivity index (χ1n) is 8.41. The number of aliphatic imine (C=N–C) groups is 1. The summed E-state index contributed by atoms with van der Waals surface area (Å²) in [6.07, 6.45) is 4.89. The monoisotopic (exact) mass is 321 g/mol. The van der Waals surface area contributed by atoms with Gasteiger partial charge in [0.25, 0.3) is 0 Å². The van der Waals surface area contributed by atoms with E-state index in [4.69, 9.17) is 4.74 Å². The maximum absolute atomic E-state index is 5.69. The molecule has 1 heterocycles. The number of hydrogen-bond acceptors (Lipinski definition) is 3. The van der Waals surface area contributed by atoms with Crippen molar-refractivity contribution in [3.63, 3.8) is 0 Å². The van der Waals surface area contributed by atoms with E-state index in [2.05, 4.69) is 48.4 Å². The second-order valence-electron chi connectivity index (χ2n) is 7.10. The smallest absolute Gasteiger partial charge is 0.191 e. The van der Waals surface area contributed by atoms with Crippen LogP contribution in [0.5, 0.6) is 0 Å². The van der Waals surface area contributed by atoms with Crippen LogP contribution in [-0.4, -0.2) is 47.6 Å². The first-order valence-corrected chi connectivity index (χ1v) is 8.41. The van der Waals surface area contributed by atoms with E-state index in [9.17, 15) is 0 Å². The van der Waals surface area contributed by atoms with Gasteiger partial charge in [0.2, 0.25) is 0 Å². The lowest BCUT2D eigenvalue weighted by Gasteiger charge is -2.59. The number of methoxy groups -OCH3 is 1. The third kappa shape index (κ3) is 3.68. The van der Waals surface area contributed by atoms with E-state index < -0.39 is 0 Å². The van der Waals surface area contributed by atoms with Gasteiger partial charge in [0.15, 0.2) is 5.96 Å². The number of nitrogens with zero attached hydrogens (tertiary/aromatic N) is 3. The molecule has 2 unspecified atom stereocenters. The second kappa shape index (κ2) is 6.91. The Balaban J connectivity index is 1.92. The molecule has 1 aliphatic carbocycles. The summed E-state index contributed by atoms with van der Waals surface area (Å²) in [6.45, 7) is 13.1. The lowest BCUT2D eigenvalue weighted by molar-refractivity contribution is -0.176. The van der Waals surface area contributed by atoms with Crippen LogP contribution in [0.3, 0.4) is 0 Å². The highest BCUT2D eigenvalue weighted by Crippen LogP contribution is 2.51. The number of ether oxygens (including phenoxy) is 1. The first kappa shape index (κ1) is 17.8. The minimum Gasteiger partial charge on any atom is -0.378 e. The quantitative estimate of drug-likeness (QED) is 0.621. The van der Waals surface area contributed by atoms with Gasteiger partial charge in [-0.05, 0) is 32.8 Å². The standard InChI is InChI=1S/C17H31N5O/c1-7-18-15(19-8-9-22-12-13(2)11-20-22)21-14-10-17(5,23-6)16(14,3)4/h11-12,14H,7-10H2,1-6H3,(H2,18,19,21). The molecule has 2 N–H and O–H groups in total. The fourth-order valence-electron chi connectivity index (χ4n) is 3.06. The molecule has 2 atom stereocenters. The Bertz CT molecular complexity index is 551. The number of aromatic nitrogens is 2. The molecule has 6 heteroatoms. The van der Waals surface area contributed by atoms with Gasteiger partial charge in [0.1, 0.15) is 0 Å². The molecule has 2 rings (SSSR count). The average molecular weight is 321 g/mol. The number of guanidine groups is 1. The van der Waals surface area contributed by atoms with Crippen LogP contribution >= 0.6 is 0 Å². The van der Waals surface area contributed by atoms with Gasteiger partial charge in [0, 0.05) is 31.3 Å². The summed E-state index contributed by atoms with van der Waals surface area (Å²) < 4.78 is 7.62. The summed E-state index contributed by atoms with van der Waals surface area (Å²) in [6, 6.07) is 0.359. The molecule has 130 valence electrons. The highest BCUT2D eigenvalue weighted by molar-refractivity contribution is 5.80. The molecular formula is C17H31N5O. The molecule has 1 aliphatic rings. The Morgan fingerprint density at radius 3 is 2.74 bits per heavy atom. The van der Waals surface area contributed by atoms with Gasteiger partial charge in [0.05, 0.1) is 24.9 Å². The highest BCUT2D eigenvalue weighted by Gasteiger charge is 2.58. The van der Waals surface area contributed by atoms with Gasteiger partial charge >= 0.3 is 0 Å². The predicted octanol–water partition coefficient (Wildman–Crippen LogP) is 1.95. The summed E-state index contributed by atoms with van der Waals surface area (Å²) in [5.74, 6) is 0.868. The Morgan fingerprint density at radius 2 is 2.22 bits per heavy atom.